The number of hydrogen-bond donors (Lipinski definition) is 1. The van der Waals surface area contributed by atoms with Crippen molar-refractivity contribution in [3.05, 3.63) is 0 Å². The summed E-state index contributed by atoms with van der Waals surface area (Å²) < 4.78 is 5.38. The van der Waals surface area contributed by atoms with Gasteiger partial charge in [0.2, 0.25) is 6.23 Å². The molecule has 0 aromatic carbocycles. The number of amides is 2. The predicted octanol–water partition coefficient (Wildman–Crippen LogP) is 1.83. The summed E-state index contributed by atoms with van der Waals surface area (Å²) in [5.74, 6) is -0.165. The van der Waals surface area contributed by atoms with Crippen molar-refractivity contribution in [2.75, 3.05) is 13.6 Å². The van der Waals surface area contributed by atoms with E-state index in [-0.39, 0.29) is 17.3 Å². The maximum atomic E-state index is 11.8. The van der Waals surface area contributed by atoms with E-state index in [1.807, 2.05) is 13.8 Å². The molecule has 2 amide bonds. The average molecular weight is 270 g/mol. The maximum Gasteiger partial charge on any atom is 0.346 e. The second-order valence-corrected chi connectivity index (χ2v) is 6.14. The molecular formula is C13H22N2O4. The van der Waals surface area contributed by atoms with Crippen LogP contribution in [0.25, 0.3) is 0 Å². The Balaban J connectivity index is 2.10. The molecule has 0 bridgehead atoms. The minimum atomic E-state index is -0.837. The fraction of sp³-hybridized carbons (Fsp3) is 0.846. The molecule has 0 aromatic heterocycles. The molecule has 2 rings (SSSR count). The van der Waals surface area contributed by atoms with Gasteiger partial charge in [-0.05, 0) is 18.8 Å². The minimum absolute atomic E-state index is 0.193. The number of rotatable bonds is 3. The Morgan fingerprint density at radius 3 is 2.63 bits per heavy atom. The molecule has 1 aliphatic carbocycles. The van der Waals surface area contributed by atoms with Crippen molar-refractivity contribution < 1.29 is 19.5 Å². The average Bonchev–Trinajstić information content (AvgIpc) is 2.26. The third-order valence-corrected chi connectivity index (χ3v) is 3.99. The lowest BCUT2D eigenvalue weighted by atomic mass is 9.66. The Labute approximate surface area is 113 Å². The van der Waals surface area contributed by atoms with Crippen LogP contribution in [0.15, 0.2) is 0 Å². The van der Waals surface area contributed by atoms with Crippen molar-refractivity contribution in [2.45, 2.75) is 45.8 Å². The molecule has 0 aromatic rings. The largest absolute Gasteiger partial charge is 0.438 e. The smallest absolute Gasteiger partial charge is 0.346 e. The molecule has 1 unspecified atom stereocenters. The van der Waals surface area contributed by atoms with Crippen molar-refractivity contribution in [1.82, 2.24) is 9.96 Å². The van der Waals surface area contributed by atoms with Gasteiger partial charge in [0.15, 0.2) is 0 Å². The van der Waals surface area contributed by atoms with Gasteiger partial charge < -0.3 is 9.64 Å². The van der Waals surface area contributed by atoms with Crippen molar-refractivity contribution >= 4 is 12.0 Å². The monoisotopic (exact) mass is 270 g/mol. The van der Waals surface area contributed by atoms with E-state index in [4.69, 9.17) is 4.74 Å². The predicted molar refractivity (Wildman–Crippen MR) is 67.3 cm³/mol. The van der Waals surface area contributed by atoms with E-state index < -0.39 is 12.3 Å². The van der Waals surface area contributed by atoms with E-state index in [9.17, 15) is 14.8 Å². The van der Waals surface area contributed by atoms with Crippen LogP contribution in [0.4, 0.5) is 4.79 Å². The van der Waals surface area contributed by atoms with Crippen LogP contribution in [0.5, 0.6) is 0 Å². The Morgan fingerprint density at radius 1 is 1.53 bits per heavy atom. The lowest BCUT2D eigenvalue weighted by molar-refractivity contribution is -0.257. The first kappa shape index (κ1) is 14.1. The van der Waals surface area contributed by atoms with E-state index >= 15 is 0 Å². The van der Waals surface area contributed by atoms with Gasteiger partial charge in [0.05, 0.1) is 0 Å². The molecule has 0 radical (unpaired) electrons. The number of nitrogens with zero attached hydrogens (tertiary/aromatic N) is 2. The van der Waals surface area contributed by atoms with Crippen LogP contribution in [0.1, 0.15) is 39.5 Å². The van der Waals surface area contributed by atoms with Gasteiger partial charge >= 0.3 is 12.0 Å². The molecule has 6 nitrogen and oxygen atoms in total. The number of ether oxygens (including phenoxy) is 1. The normalized spacial score (nSPS) is 25.7. The Kier molecular flexibility index (Phi) is 3.71. The number of carbonyl (C=O) groups excluding carboxylic acids is 2. The van der Waals surface area contributed by atoms with Crippen LogP contribution in [0.3, 0.4) is 0 Å². The molecular weight excluding hydrogens is 248 g/mol. The molecule has 1 atom stereocenters. The lowest BCUT2D eigenvalue weighted by Gasteiger charge is -2.53. The molecule has 2 fully saturated rings. The molecule has 1 spiro atoms. The summed E-state index contributed by atoms with van der Waals surface area (Å²) in [5, 5.41) is 10.5. The maximum absolute atomic E-state index is 11.8. The van der Waals surface area contributed by atoms with Gasteiger partial charge in [0, 0.05) is 25.4 Å². The van der Waals surface area contributed by atoms with E-state index in [1.165, 1.54) is 4.90 Å². The molecule has 1 aliphatic heterocycles. The van der Waals surface area contributed by atoms with Gasteiger partial charge in [-0.15, -0.1) is 0 Å². The standard InChI is InChI=1S/C13H22N2O4/c1-9(2)7-10(16)19-11-13(5-4-6-13)8-14(3)12(17)15(11)18/h9,11,18H,4-8H2,1-3H3. The zero-order valence-electron chi connectivity index (χ0n) is 11.8. The summed E-state index contributed by atoms with van der Waals surface area (Å²) in [6.45, 7) is 4.39. The second kappa shape index (κ2) is 5.00. The Morgan fingerprint density at radius 2 is 2.16 bits per heavy atom. The fourth-order valence-electron chi connectivity index (χ4n) is 2.87. The summed E-state index contributed by atoms with van der Waals surface area (Å²) >= 11 is 0. The molecule has 1 N–H and O–H groups in total. The van der Waals surface area contributed by atoms with Gasteiger partial charge in [0.1, 0.15) is 0 Å². The summed E-state index contributed by atoms with van der Waals surface area (Å²) in [7, 11) is 1.65. The van der Waals surface area contributed by atoms with Gasteiger partial charge in [-0.25, -0.2) is 4.79 Å². The number of hydrogen-bond acceptors (Lipinski definition) is 4. The molecule has 2 aliphatic rings. The summed E-state index contributed by atoms with van der Waals surface area (Å²) in [6, 6.07) is -0.514. The lowest BCUT2D eigenvalue weighted by Crippen LogP contribution is -2.65. The van der Waals surface area contributed by atoms with Gasteiger partial charge in [-0.2, -0.15) is 5.06 Å². The molecule has 1 saturated heterocycles. The quantitative estimate of drug-likeness (QED) is 0.627. The molecule has 108 valence electrons. The first-order valence-electron chi connectivity index (χ1n) is 6.78. The van der Waals surface area contributed by atoms with Crippen molar-refractivity contribution in [2.24, 2.45) is 11.3 Å². The van der Waals surface area contributed by atoms with E-state index in [0.717, 1.165) is 19.3 Å². The van der Waals surface area contributed by atoms with Crippen LogP contribution in [-0.2, 0) is 9.53 Å². The van der Waals surface area contributed by atoms with Gasteiger partial charge in [-0.3, -0.25) is 10.0 Å². The number of hydroxylamine groups is 2. The summed E-state index contributed by atoms with van der Waals surface area (Å²) in [6.07, 6.45) is 2.22. The minimum Gasteiger partial charge on any atom is -0.438 e. The van der Waals surface area contributed by atoms with Crippen LogP contribution in [0.2, 0.25) is 0 Å². The van der Waals surface area contributed by atoms with E-state index in [2.05, 4.69) is 0 Å². The number of urea groups is 1. The molecule has 1 saturated carbocycles. The third kappa shape index (κ3) is 2.54. The molecule has 6 heteroatoms. The topological polar surface area (TPSA) is 70.1 Å². The van der Waals surface area contributed by atoms with Crippen LogP contribution >= 0.6 is 0 Å². The van der Waals surface area contributed by atoms with E-state index in [1.54, 1.807) is 7.05 Å². The summed E-state index contributed by atoms with van der Waals surface area (Å²) in [4.78, 5) is 25.1. The highest BCUT2D eigenvalue weighted by Gasteiger charge is 2.55. The summed E-state index contributed by atoms with van der Waals surface area (Å²) in [5.41, 5.74) is -0.302. The van der Waals surface area contributed by atoms with E-state index in [0.29, 0.717) is 18.0 Å². The zero-order valence-corrected chi connectivity index (χ0v) is 11.8. The Bertz CT molecular complexity index is 379. The zero-order chi connectivity index (χ0) is 14.2. The van der Waals surface area contributed by atoms with Crippen molar-refractivity contribution in [3.8, 4) is 0 Å². The fourth-order valence-corrected chi connectivity index (χ4v) is 2.87. The first-order chi connectivity index (χ1) is 8.85. The number of esters is 1. The highest BCUT2D eigenvalue weighted by atomic mass is 16.6. The van der Waals surface area contributed by atoms with Gasteiger partial charge in [-0.1, -0.05) is 20.3 Å². The first-order valence-corrected chi connectivity index (χ1v) is 6.78. The van der Waals surface area contributed by atoms with Crippen molar-refractivity contribution in [3.63, 3.8) is 0 Å². The van der Waals surface area contributed by atoms with Gasteiger partial charge in [0.25, 0.3) is 0 Å². The third-order valence-electron chi connectivity index (χ3n) is 3.99. The SMILES string of the molecule is CC(C)CC(=O)OC1N(O)C(=O)N(C)CC12CCC2. The van der Waals surface area contributed by atoms with Crippen LogP contribution in [0, 0.1) is 11.3 Å². The molecule has 19 heavy (non-hydrogen) atoms. The highest BCUT2D eigenvalue weighted by molar-refractivity contribution is 5.75. The number of carbonyl (C=O) groups is 2. The van der Waals surface area contributed by atoms with Crippen LogP contribution < -0.4 is 0 Å². The Hall–Kier alpha value is -1.30. The van der Waals surface area contributed by atoms with Crippen LogP contribution in [-0.4, -0.2) is 47.0 Å². The second-order valence-electron chi connectivity index (χ2n) is 6.14. The molecule has 1 heterocycles. The highest BCUT2D eigenvalue weighted by Crippen LogP contribution is 2.48. The van der Waals surface area contributed by atoms with Crippen molar-refractivity contribution in [1.29, 1.82) is 0 Å².